The lowest BCUT2D eigenvalue weighted by Gasteiger charge is -2.32. The van der Waals surface area contributed by atoms with Gasteiger partial charge in [-0.15, -0.1) is 11.3 Å². The molecule has 1 aliphatic rings. The number of fused-ring (bicyclic) bond motifs is 1. The number of amides is 1. The zero-order valence-corrected chi connectivity index (χ0v) is 13.5. The van der Waals surface area contributed by atoms with Crippen molar-refractivity contribution in [3.63, 3.8) is 0 Å². The standard InChI is InChI=1S/C17H22N2OS/c1-3-12-7-5-9-19(10-12)17(20)16-14(18)13-8-4-6-11(2)15(13)21-16/h4,6,8,12H,3,5,7,9-10,18H2,1-2H3. The summed E-state index contributed by atoms with van der Waals surface area (Å²) in [6, 6.07) is 6.08. The fourth-order valence-corrected chi connectivity index (χ4v) is 4.32. The number of rotatable bonds is 2. The average Bonchev–Trinajstić information content (AvgIpc) is 2.85. The molecule has 0 bridgehead atoms. The molecule has 1 aromatic heterocycles. The number of nitrogens with zero attached hydrogens (tertiary/aromatic N) is 1. The van der Waals surface area contributed by atoms with Crippen molar-refractivity contribution >= 4 is 33.0 Å². The summed E-state index contributed by atoms with van der Waals surface area (Å²) in [7, 11) is 0. The molecule has 1 atom stereocenters. The first-order valence-corrected chi connectivity index (χ1v) is 8.50. The Morgan fingerprint density at radius 3 is 3.00 bits per heavy atom. The highest BCUT2D eigenvalue weighted by atomic mass is 32.1. The lowest BCUT2D eigenvalue weighted by molar-refractivity contribution is 0.0677. The molecule has 2 heterocycles. The van der Waals surface area contributed by atoms with Gasteiger partial charge < -0.3 is 10.6 Å². The van der Waals surface area contributed by atoms with E-state index in [-0.39, 0.29) is 5.91 Å². The quantitative estimate of drug-likeness (QED) is 0.909. The van der Waals surface area contributed by atoms with Crippen molar-refractivity contribution in [3.8, 4) is 0 Å². The van der Waals surface area contributed by atoms with Gasteiger partial charge in [0.05, 0.1) is 5.69 Å². The maximum atomic E-state index is 12.8. The zero-order valence-electron chi connectivity index (χ0n) is 12.7. The summed E-state index contributed by atoms with van der Waals surface area (Å²) in [4.78, 5) is 15.5. The van der Waals surface area contributed by atoms with Crippen molar-refractivity contribution in [1.82, 2.24) is 4.90 Å². The normalized spacial score (nSPS) is 19.1. The van der Waals surface area contributed by atoms with Gasteiger partial charge in [-0.3, -0.25) is 4.79 Å². The van der Waals surface area contributed by atoms with E-state index in [0.717, 1.165) is 40.9 Å². The van der Waals surface area contributed by atoms with Crippen LogP contribution in [0.25, 0.3) is 10.1 Å². The van der Waals surface area contributed by atoms with Gasteiger partial charge in [0.15, 0.2) is 0 Å². The van der Waals surface area contributed by atoms with Crippen LogP contribution in [-0.4, -0.2) is 23.9 Å². The number of piperidine rings is 1. The minimum Gasteiger partial charge on any atom is -0.397 e. The Bertz CT molecular complexity index is 677. The van der Waals surface area contributed by atoms with Gasteiger partial charge in [0.2, 0.25) is 0 Å². The molecular formula is C17H22N2OS. The molecule has 0 saturated carbocycles. The van der Waals surface area contributed by atoms with Crippen LogP contribution in [0.4, 0.5) is 5.69 Å². The molecule has 1 aliphatic heterocycles. The molecule has 4 heteroatoms. The fourth-order valence-electron chi connectivity index (χ4n) is 3.16. The molecule has 1 unspecified atom stereocenters. The Labute approximate surface area is 129 Å². The molecule has 0 spiro atoms. The molecule has 2 N–H and O–H groups in total. The molecule has 2 aromatic rings. The number of anilines is 1. The van der Waals surface area contributed by atoms with Crippen molar-refractivity contribution in [2.45, 2.75) is 33.1 Å². The van der Waals surface area contributed by atoms with Crippen molar-refractivity contribution < 1.29 is 4.79 Å². The van der Waals surface area contributed by atoms with Gasteiger partial charge in [0.1, 0.15) is 4.88 Å². The van der Waals surface area contributed by atoms with E-state index in [9.17, 15) is 4.79 Å². The third-order valence-corrected chi connectivity index (χ3v) is 5.87. The van der Waals surface area contributed by atoms with Crippen LogP contribution < -0.4 is 5.73 Å². The minimum absolute atomic E-state index is 0.117. The number of hydrogen-bond donors (Lipinski definition) is 1. The number of nitrogen functional groups attached to an aromatic ring is 1. The number of likely N-dealkylation sites (tertiary alicyclic amines) is 1. The van der Waals surface area contributed by atoms with Crippen LogP contribution in [0.2, 0.25) is 0 Å². The molecule has 1 saturated heterocycles. The van der Waals surface area contributed by atoms with Crippen molar-refractivity contribution in [3.05, 3.63) is 28.6 Å². The van der Waals surface area contributed by atoms with Crippen LogP contribution >= 0.6 is 11.3 Å². The minimum atomic E-state index is 0.117. The van der Waals surface area contributed by atoms with E-state index in [0.29, 0.717) is 11.6 Å². The van der Waals surface area contributed by atoms with E-state index in [1.54, 1.807) is 11.3 Å². The summed E-state index contributed by atoms with van der Waals surface area (Å²) in [5.41, 5.74) is 8.09. The summed E-state index contributed by atoms with van der Waals surface area (Å²) in [5.74, 6) is 0.756. The van der Waals surface area contributed by atoms with E-state index in [2.05, 4.69) is 19.9 Å². The maximum absolute atomic E-state index is 12.8. The molecule has 1 amide bonds. The molecule has 3 rings (SSSR count). The number of hydrogen-bond acceptors (Lipinski definition) is 3. The van der Waals surface area contributed by atoms with Crippen LogP contribution in [-0.2, 0) is 0 Å². The average molecular weight is 302 g/mol. The molecule has 3 nitrogen and oxygen atoms in total. The summed E-state index contributed by atoms with van der Waals surface area (Å²) >= 11 is 1.54. The Morgan fingerprint density at radius 2 is 2.29 bits per heavy atom. The van der Waals surface area contributed by atoms with Gasteiger partial charge >= 0.3 is 0 Å². The van der Waals surface area contributed by atoms with Crippen molar-refractivity contribution in [2.75, 3.05) is 18.8 Å². The smallest absolute Gasteiger partial charge is 0.266 e. The highest BCUT2D eigenvalue weighted by molar-refractivity contribution is 7.21. The first-order chi connectivity index (χ1) is 10.1. The summed E-state index contributed by atoms with van der Waals surface area (Å²) < 4.78 is 1.14. The van der Waals surface area contributed by atoms with Crippen LogP contribution in [0.1, 0.15) is 41.4 Å². The second-order valence-corrected chi connectivity index (χ2v) is 6.98. The van der Waals surface area contributed by atoms with Gasteiger partial charge in [0.25, 0.3) is 5.91 Å². The molecule has 1 fully saturated rings. The van der Waals surface area contributed by atoms with E-state index < -0.39 is 0 Å². The number of carbonyl (C=O) groups excluding carboxylic acids is 1. The molecule has 1 aromatic carbocycles. The van der Waals surface area contributed by atoms with Crippen molar-refractivity contribution in [2.24, 2.45) is 5.92 Å². The van der Waals surface area contributed by atoms with Gasteiger partial charge in [-0.25, -0.2) is 0 Å². The summed E-state index contributed by atoms with van der Waals surface area (Å²) in [6.07, 6.45) is 3.49. The summed E-state index contributed by atoms with van der Waals surface area (Å²) in [6.45, 7) is 6.01. The Hall–Kier alpha value is -1.55. The topological polar surface area (TPSA) is 46.3 Å². The monoisotopic (exact) mass is 302 g/mol. The number of carbonyl (C=O) groups is 1. The molecule has 0 aliphatic carbocycles. The summed E-state index contributed by atoms with van der Waals surface area (Å²) in [5, 5.41) is 1.02. The third kappa shape index (κ3) is 2.53. The highest BCUT2D eigenvalue weighted by Gasteiger charge is 2.26. The lowest BCUT2D eigenvalue weighted by Crippen LogP contribution is -2.39. The van der Waals surface area contributed by atoms with E-state index in [1.807, 2.05) is 17.0 Å². The molecular weight excluding hydrogens is 280 g/mol. The highest BCUT2D eigenvalue weighted by Crippen LogP contribution is 2.36. The van der Waals surface area contributed by atoms with Crippen LogP contribution in [0, 0.1) is 12.8 Å². The van der Waals surface area contributed by atoms with Crippen LogP contribution in [0.5, 0.6) is 0 Å². The van der Waals surface area contributed by atoms with E-state index in [4.69, 9.17) is 5.73 Å². The number of thiophene rings is 1. The van der Waals surface area contributed by atoms with Crippen LogP contribution in [0.15, 0.2) is 18.2 Å². The first kappa shape index (κ1) is 14.4. The third-order valence-electron chi connectivity index (χ3n) is 4.53. The maximum Gasteiger partial charge on any atom is 0.266 e. The van der Waals surface area contributed by atoms with Gasteiger partial charge in [0, 0.05) is 23.2 Å². The van der Waals surface area contributed by atoms with E-state index in [1.165, 1.54) is 12.0 Å². The Balaban J connectivity index is 1.94. The van der Waals surface area contributed by atoms with Gasteiger partial charge in [-0.1, -0.05) is 31.5 Å². The SMILES string of the molecule is CCC1CCCN(C(=O)c2sc3c(C)cccc3c2N)C1. The zero-order chi connectivity index (χ0) is 15.0. The van der Waals surface area contributed by atoms with Crippen molar-refractivity contribution in [1.29, 1.82) is 0 Å². The van der Waals surface area contributed by atoms with Gasteiger partial charge in [-0.2, -0.15) is 0 Å². The number of aryl methyl sites for hydroxylation is 1. The molecule has 112 valence electrons. The number of benzene rings is 1. The molecule has 21 heavy (non-hydrogen) atoms. The first-order valence-electron chi connectivity index (χ1n) is 7.68. The second-order valence-electron chi connectivity index (χ2n) is 5.96. The predicted molar refractivity (Wildman–Crippen MR) is 89.9 cm³/mol. The second kappa shape index (κ2) is 5.68. The largest absolute Gasteiger partial charge is 0.397 e. The Morgan fingerprint density at radius 1 is 1.48 bits per heavy atom. The predicted octanol–water partition coefficient (Wildman–Crippen LogP) is 4.05. The fraction of sp³-hybridized carbons (Fsp3) is 0.471. The lowest BCUT2D eigenvalue weighted by atomic mass is 9.95. The Kier molecular flexibility index (Phi) is 3.89. The van der Waals surface area contributed by atoms with E-state index >= 15 is 0 Å². The number of nitrogens with two attached hydrogens (primary N) is 1. The van der Waals surface area contributed by atoms with Crippen LogP contribution in [0.3, 0.4) is 0 Å². The molecule has 0 radical (unpaired) electrons. The van der Waals surface area contributed by atoms with Gasteiger partial charge in [-0.05, 0) is 31.2 Å².